The Morgan fingerprint density at radius 2 is 1.70 bits per heavy atom. The number of alkyl halides is 2. The van der Waals surface area contributed by atoms with Gasteiger partial charge in [0, 0.05) is 18.5 Å². The second kappa shape index (κ2) is 8.56. The second-order valence-electron chi connectivity index (χ2n) is 4.79. The molecule has 0 radical (unpaired) electrons. The number of rotatable bonds is 9. The first-order valence-corrected chi connectivity index (χ1v) is 8.42. The summed E-state index contributed by atoms with van der Waals surface area (Å²) in [5.41, 5.74) is 0.156. The van der Waals surface area contributed by atoms with Crippen LogP contribution in [-0.2, 0) is 14.6 Å². The smallest absolute Gasteiger partial charge is 0.341 e. The Labute approximate surface area is 132 Å². The van der Waals surface area contributed by atoms with Crippen molar-refractivity contribution in [2.24, 2.45) is 0 Å². The number of nitrogens with one attached hydrogen (secondary N) is 1. The Bertz CT molecular complexity index is 644. The predicted octanol–water partition coefficient (Wildman–Crippen LogP) is 2.06. The van der Waals surface area contributed by atoms with Crippen molar-refractivity contribution in [1.29, 1.82) is 0 Å². The zero-order chi connectivity index (χ0) is 17.5. The Morgan fingerprint density at radius 3 is 2.22 bits per heavy atom. The van der Waals surface area contributed by atoms with Crippen LogP contribution in [0.1, 0.15) is 36.0 Å². The Balaban J connectivity index is 2.47. The van der Waals surface area contributed by atoms with Crippen molar-refractivity contribution in [1.82, 2.24) is 5.32 Å². The molecule has 1 amide bonds. The van der Waals surface area contributed by atoms with Gasteiger partial charge in [-0.3, -0.25) is 9.59 Å². The van der Waals surface area contributed by atoms with Crippen LogP contribution in [0, 0.1) is 0 Å². The minimum atomic E-state index is -4.67. The fraction of sp³-hybridized carbons (Fsp3) is 0.429. The van der Waals surface area contributed by atoms with Crippen LogP contribution in [0.3, 0.4) is 0 Å². The summed E-state index contributed by atoms with van der Waals surface area (Å²) < 4.78 is 47.2. The van der Waals surface area contributed by atoms with Gasteiger partial charge in [0.2, 0.25) is 9.84 Å². The molecule has 0 atom stereocenters. The van der Waals surface area contributed by atoms with E-state index in [9.17, 15) is 26.8 Å². The van der Waals surface area contributed by atoms with E-state index in [2.05, 4.69) is 5.32 Å². The van der Waals surface area contributed by atoms with Gasteiger partial charge in [0.15, 0.2) is 0 Å². The molecule has 0 saturated heterocycles. The van der Waals surface area contributed by atoms with E-state index in [0.717, 1.165) is 24.3 Å². The summed E-state index contributed by atoms with van der Waals surface area (Å²) in [4.78, 5) is 21.5. The molecular formula is C14H17F2NO5S. The molecule has 128 valence electrons. The molecule has 2 N–H and O–H groups in total. The monoisotopic (exact) mass is 349 g/mol. The van der Waals surface area contributed by atoms with E-state index in [-0.39, 0.29) is 12.0 Å². The summed E-state index contributed by atoms with van der Waals surface area (Å²) in [6.45, 7) is 0.343. The lowest BCUT2D eigenvalue weighted by molar-refractivity contribution is -0.137. The van der Waals surface area contributed by atoms with Gasteiger partial charge in [0.25, 0.3) is 5.91 Å². The lowest BCUT2D eigenvalue weighted by atomic mass is 10.2. The minimum absolute atomic E-state index is 0.0774. The zero-order valence-corrected chi connectivity index (χ0v) is 13.0. The molecule has 0 aliphatic rings. The van der Waals surface area contributed by atoms with Crippen LogP contribution in [-0.4, -0.2) is 37.7 Å². The maximum absolute atomic E-state index is 12.4. The molecule has 0 heterocycles. The van der Waals surface area contributed by atoms with E-state index in [0.29, 0.717) is 25.8 Å². The van der Waals surface area contributed by atoms with Crippen LogP contribution in [0.4, 0.5) is 8.78 Å². The van der Waals surface area contributed by atoms with Crippen molar-refractivity contribution < 1.29 is 31.9 Å². The highest BCUT2D eigenvalue weighted by Crippen LogP contribution is 2.18. The van der Waals surface area contributed by atoms with Crippen molar-refractivity contribution in [2.75, 3.05) is 6.54 Å². The van der Waals surface area contributed by atoms with Gasteiger partial charge >= 0.3 is 11.7 Å². The van der Waals surface area contributed by atoms with Gasteiger partial charge in [-0.2, -0.15) is 8.78 Å². The molecule has 1 aromatic carbocycles. The maximum Gasteiger partial charge on any atom is 0.341 e. The van der Waals surface area contributed by atoms with E-state index in [4.69, 9.17) is 5.11 Å². The van der Waals surface area contributed by atoms with E-state index >= 15 is 0 Å². The fourth-order valence-corrected chi connectivity index (χ4v) is 2.50. The zero-order valence-electron chi connectivity index (χ0n) is 12.2. The summed E-state index contributed by atoms with van der Waals surface area (Å²) in [7, 11) is -4.67. The fourth-order valence-electron chi connectivity index (χ4n) is 1.78. The Morgan fingerprint density at radius 1 is 1.09 bits per heavy atom. The number of carboxylic acids is 1. The Hall–Kier alpha value is -2.03. The number of hydrogen-bond acceptors (Lipinski definition) is 4. The predicted molar refractivity (Wildman–Crippen MR) is 78.1 cm³/mol. The minimum Gasteiger partial charge on any atom is -0.481 e. The number of carbonyl (C=O) groups excluding carboxylic acids is 1. The summed E-state index contributed by atoms with van der Waals surface area (Å²) in [6.07, 6.45) is 1.86. The third kappa shape index (κ3) is 5.93. The first-order chi connectivity index (χ1) is 10.7. The molecule has 0 aliphatic carbocycles. The van der Waals surface area contributed by atoms with Crippen LogP contribution in [0.25, 0.3) is 0 Å². The molecule has 1 aromatic rings. The molecule has 6 nitrogen and oxygen atoms in total. The van der Waals surface area contributed by atoms with Crippen molar-refractivity contribution in [3.05, 3.63) is 29.8 Å². The van der Waals surface area contributed by atoms with E-state index in [1.54, 1.807) is 0 Å². The summed E-state index contributed by atoms with van der Waals surface area (Å²) in [5, 5.41) is 11.0. The molecule has 0 unspecified atom stereocenters. The van der Waals surface area contributed by atoms with Gasteiger partial charge in [-0.1, -0.05) is 6.42 Å². The van der Waals surface area contributed by atoms with Crippen molar-refractivity contribution in [3.8, 4) is 0 Å². The van der Waals surface area contributed by atoms with Crippen LogP contribution in [0.2, 0.25) is 0 Å². The maximum atomic E-state index is 12.4. The molecule has 23 heavy (non-hydrogen) atoms. The molecule has 0 bridgehead atoms. The van der Waals surface area contributed by atoms with Crippen molar-refractivity contribution in [3.63, 3.8) is 0 Å². The number of hydrogen-bond donors (Lipinski definition) is 2. The summed E-state index contributed by atoms with van der Waals surface area (Å²) in [6, 6.07) is 4.25. The summed E-state index contributed by atoms with van der Waals surface area (Å²) in [5.74, 6) is -4.83. The van der Waals surface area contributed by atoms with Gasteiger partial charge in [-0.15, -0.1) is 0 Å². The van der Waals surface area contributed by atoms with Crippen molar-refractivity contribution in [2.45, 2.75) is 36.3 Å². The largest absolute Gasteiger partial charge is 0.481 e. The number of aliphatic carboxylic acids is 1. The van der Waals surface area contributed by atoms with E-state index in [1.807, 2.05) is 0 Å². The molecular weight excluding hydrogens is 332 g/mol. The molecule has 0 saturated carbocycles. The van der Waals surface area contributed by atoms with Crippen LogP contribution in [0.15, 0.2) is 29.2 Å². The lowest BCUT2D eigenvalue weighted by Gasteiger charge is -2.06. The number of amides is 1. The molecule has 0 spiro atoms. The highest BCUT2D eigenvalue weighted by molar-refractivity contribution is 7.91. The average Bonchev–Trinajstić information content (AvgIpc) is 2.50. The molecule has 9 heteroatoms. The summed E-state index contributed by atoms with van der Waals surface area (Å²) >= 11 is 0. The average molecular weight is 349 g/mol. The first kappa shape index (κ1) is 19.0. The van der Waals surface area contributed by atoms with Crippen LogP contribution < -0.4 is 5.32 Å². The quantitative estimate of drug-likeness (QED) is 0.665. The third-order valence-corrected chi connectivity index (χ3v) is 4.43. The van der Waals surface area contributed by atoms with Gasteiger partial charge in [0.1, 0.15) is 0 Å². The number of carbonyl (C=O) groups is 2. The van der Waals surface area contributed by atoms with Gasteiger partial charge in [-0.25, -0.2) is 8.42 Å². The van der Waals surface area contributed by atoms with Gasteiger partial charge in [0.05, 0.1) is 4.90 Å². The topological polar surface area (TPSA) is 101 Å². The van der Waals surface area contributed by atoms with Crippen molar-refractivity contribution >= 4 is 21.7 Å². The SMILES string of the molecule is O=C(O)CCCCCNC(=O)c1ccc(S(=O)(=O)C(F)F)cc1. The molecule has 1 rings (SSSR count). The van der Waals surface area contributed by atoms with Crippen LogP contribution in [0.5, 0.6) is 0 Å². The van der Waals surface area contributed by atoms with E-state index < -0.39 is 32.4 Å². The first-order valence-electron chi connectivity index (χ1n) is 6.87. The van der Waals surface area contributed by atoms with Gasteiger partial charge in [-0.05, 0) is 37.1 Å². The normalized spacial score (nSPS) is 11.4. The van der Waals surface area contributed by atoms with E-state index in [1.165, 1.54) is 0 Å². The standard InChI is InChI=1S/C14H17F2NO5S/c15-14(16)23(21,22)11-7-5-10(6-8-11)13(20)17-9-3-1-2-4-12(18)19/h5-8,14H,1-4,9H2,(H,17,20)(H,18,19). The third-order valence-electron chi connectivity index (χ3n) is 3.03. The van der Waals surface area contributed by atoms with Gasteiger partial charge < -0.3 is 10.4 Å². The number of carboxylic acid groups (broad SMARTS) is 1. The van der Waals surface area contributed by atoms with Crippen LogP contribution >= 0.6 is 0 Å². The number of halogens is 2. The highest BCUT2D eigenvalue weighted by Gasteiger charge is 2.26. The number of benzene rings is 1. The second-order valence-corrected chi connectivity index (χ2v) is 6.71. The Kier molecular flexibility index (Phi) is 7.08. The lowest BCUT2D eigenvalue weighted by Crippen LogP contribution is -2.24. The molecule has 0 aromatic heterocycles. The number of unbranched alkanes of at least 4 members (excludes halogenated alkanes) is 2. The highest BCUT2D eigenvalue weighted by atomic mass is 32.2. The molecule has 0 fully saturated rings. The molecule has 0 aliphatic heterocycles. The number of sulfone groups is 1.